The largest absolute Gasteiger partial charge is 0.472 e. The number of carbonyl (C=O) groups is 2. The van der Waals surface area contributed by atoms with Crippen LogP contribution in [0.5, 0.6) is 0 Å². The SMILES string of the molecule is CC/C=C/C=C/C=C/C=C/CCCCCC(=O)OC(COC(=O)CCCCCCCCC/C=C/CCCCCCCCCCCC)COP(=O)(O)OCCN. The molecule has 10 heteroatoms. The van der Waals surface area contributed by atoms with Gasteiger partial charge in [0.1, 0.15) is 6.61 Å². The van der Waals surface area contributed by atoms with Crippen LogP contribution in [0.2, 0.25) is 0 Å². The molecule has 0 bridgehead atoms. The van der Waals surface area contributed by atoms with Gasteiger partial charge in [0.2, 0.25) is 0 Å². The van der Waals surface area contributed by atoms with E-state index in [1.54, 1.807) is 0 Å². The van der Waals surface area contributed by atoms with Crippen molar-refractivity contribution < 1.29 is 37.6 Å². The summed E-state index contributed by atoms with van der Waals surface area (Å²) in [6.45, 7) is 3.53. The van der Waals surface area contributed by atoms with E-state index in [2.05, 4.69) is 38.2 Å². The van der Waals surface area contributed by atoms with Crippen LogP contribution in [0.4, 0.5) is 0 Å². The van der Waals surface area contributed by atoms with Crippen molar-refractivity contribution in [3.8, 4) is 0 Å². The van der Waals surface area contributed by atoms with Gasteiger partial charge in [-0.25, -0.2) is 4.57 Å². The molecule has 0 saturated carbocycles. The highest BCUT2D eigenvalue weighted by molar-refractivity contribution is 7.47. The molecule has 0 aliphatic carbocycles. The van der Waals surface area contributed by atoms with Gasteiger partial charge in [0.05, 0.1) is 13.2 Å². The normalized spacial score (nSPS) is 13.9. The summed E-state index contributed by atoms with van der Waals surface area (Å²) in [6.07, 6.45) is 48.4. The number of allylic oxidation sites excluding steroid dienone is 10. The number of ether oxygens (including phenoxy) is 2. The molecule has 2 atom stereocenters. The third kappa shape index (κ3) is 41.2. The van der Waals surface area contributed by atoms with Crippen LogP contribution in [0.25, 0.3) is 0 Å². The van der Waals surface area contributed by atoms with Gasteiger partial charge in [-0.15, -0.1) is 0 Å². The van der Waals surface area contributed by atoms with E-state index in [1.807, 2.05) is 36.5 Å². The Morgan fingerprint density at radius 2 is 1.02 bits per heavy atom. The second-order valence-corrected chi connectivity index (χ2v) is 15.7. The van der Waals surface area contributed by atoms with Crippen LogP contribution in [0.15, 0.2) is 60.8 Å². The standard InChI is InChI=1S/C45H80NO8P/c1-3-5-7-9-11-13-15-17-18-19-20-21-22-23-24-26-27-29-31-33-35-37-44(47)51-41-43(42-53-55(49,50)52-40-39-46)54-45(48)38-36-34-32-30-28-25-16-14-12-10-8-6-4-2/h6,8,10,12,14,16,21-22,25,28,43H,3-5,7,9,11,13,15,17-20,23-24,26-27,29-42,46H2,1-2H3,(H,49,50)/b8-6+,12-10+,16-14+,22-21+,28-25+. The molecule has 3 N–H and O–H groups in total. The molecule has 2 unspecified atom stereocenters. The highest BCUT2D eigenvalue weighted by atomic mass is 31.2. The number of esters is 2. The fourth-order valence-electron chi connectivity index (χ4n) is 5.76. The Hall–Kier alpha value is -2.29. The molecular weight excluding hydrogens is 713 g/mol. The van der Waals surface area contributed by atoms with Crippen molar-refractivity contribution in [3.05, 3.63) is 60.8 Å². The van der Waals surface area contributed by atoms with E-state index in [0.29, 0.717) is 6.42 Å². The average molecular weight is 794 g/mol. The monoisotopic (exact) mass is 794 g/mol. The Morgan fingerprint density at radius 3 is 1.56 bits per heavy atom. The molecule has 318 valence electrons. The van der Waals surface area contributed by atoms with Gasteiger partial charge in [-0.05, 0) is 57.8 Å². The molecule has 0 amide bonds. The van der Waals surface area contributed by atoms with Gasteiger partial charge in [0.15, 0.2) is 6.10 Å². The maximum atomic E-state index is 12.5. The lowest BCUT2D eigenvalue weighted by Gasteiger charge is -2.19. The van der Waals surface area contributed by atoms with Crippen molar-refractivity contribution in [2.45, 2.75) is 187 Å². The fourth-order valence-corrected chi connectivity index (χ4v) is 6.52. The summed E-state index contributed by atoms with van der Waals surface area (Å²) in [7, 11) is -4.39. The fraction of sp³-hybridized carbons (Fsp3) is 0.733. The van der Waals surface area contributed by atoms with Crippen LogP contribution < -0.4 is 5.73 Å². The molecule has 0 aliphatic heterocycles. The van der Waals surface area contributed by atoms with Crippen molar-refractivity contribution in [1.82, 2.24) is 0 Å². The van der Waals surface area contributed by atoms with Crippen LogP contribution in [0.3, 0.4) is 0 Å². The molecule has 0 heterocycles. The van der Waals surface area contributed by atoms with E-state index >= 15 is 0 Å². The third-order valence-corrected chi connectivity index (χ3v) is 9.97. The Morgan fingerprint density at radius 1 is 0.564 bits per heavy atom. The van der Waals surface area contributed by atoms with Crippen molar-refractivity contribution in [3.63, 3.8) is 0 Å². The van der Waals surface area contributed by atoms with Crippen molar-refractivity contribution >= 4 is 19.8 Å². The predicted molar refractivity (Wildman–Crippen MR) is 229 cm³/mol. The zero-order valence-corrected chi connectivity index (χ0v) is 35.8. The maximum absolute atomic E-state index is 12.5. The van der Waals surface area contributed by atoms with Crippen LogP contribution in [0, 0.1) is 0 Å². The number of nitrogens with two attached hydrogens (primary N) is 1. The van der Waals surface area contributed by atoms with Gasteiger partial charge in [0.25, 0.3) is 0 Å². The molecule has 0 saturated heterocycles. The van der Waals surface area contributed by atoms with Gasteiger partial charge < -0.3 is 20.1 Å². The summed E-state index contributed by atoms with van der Waals surface area (Å²) in [5.74, 6) is -0.882. The number of hydrogen-bond acceptors (Lipinski definition) is 8. The molecule has 0 fully saturated rings. The number of unbranched alkanes of at least 4 members (excludes halogenated alkanes) is 20. The summed E-state index contributed by atoms with van der Waals surface area (Å²) in [6, 6.07) is 0. The summed E-state index contributed by atoms with van der Waals surface area (Å²) in [5.41, 5.74) is 5.34. The van der Waals surface area contributed by atoms with E-state index in [4.69, 9.17) is 24.3 Å². The summed E-state index contributed by atoms with van der Waals surface area (Å²) in [4.78, 5) is 34.8. The van der Waals surface area contributed by atoms with Crippen molar-refractivity contribution in [2.75, 3.05) is 26.4 Å². The van der Waals surface area contributed by atoms with Crippen molar-refractivity contribution in [2.24, 2.45) is 5.73 Å². The lowest BCUT2D eigenvalue weighted by molar-refractivity contribution is -0.161. The van der Waals surface area contributed by atoms with Gasteiger partial charge in [-0.1, -0.05) is 171 Å². The molecule has 0 aromatic rings. The Bertz CT molecular complexity index is 1090. The summed E-state index contributed by atoms with van der Waals surface area (Å²) < 4.78 is 32.7. The molecule has 0 rings (SSSR count). The second kappa shape index (κ2) is 41.3. The van der Waals surface area contributed by atoms with Crippen molar-refractivity contribution in [1.29, 1.82) is 0 Å². The van der Waals surface area contributed by atoms with Crippen LogP contribution in [0.1, 0.15) is 181 Å². The number of carbonyl (C=O) groups excluding carboxylic acids is 2. The Kier molecular flexibility index (Phi) is 39.6. The third-order valence-electron chi connectivity index (χ3n) is 8.98. The average Bonchev–Trinajstić information content (AvgIpc) is 3.17. The quantitative estimate of drug-likeness (QED) is 0.0204. The van der Waals surface area contributed by atoms with E-state index in [0.717, 1.165) is 57.8 Å². The van der Waals surface area contributed by atoms with Crippen LogP contribution in [-0.4, -0.2) is 49.3 Å². The lowest BCUT2D eigenvalue weighted by atomic mass is 10.1. The molecule has 0 radical (unpaired) electrons. The zero-order valence-electron chi connectivity index (χ0n) is 34.9. The first-order chi connectivity index (χ1) is 26.8. The second-order valence-electron chi connectivity index (χ2n) is 14.3. The summed E-state index contributed by atoms with van der Waals surface area (Å²) in [5, 5.41) is 0. The molecule has 55 heavy (non-hydrogen) atoms. The highest BCUT2D eigenvalue weighted by Crippen LogP contribution is 2.43. The van der Waals surface area contributed by atoms with Crippen LogP contribution >= 0.6 is 7.82 Å². The van der Waals surface area contributed by atoms with Crippen LogP contribution in [-0.2, 0) is 32.7 Å². The number of rotatable bonds is 40. The predicted octanol–water partition coefficient (Wildman–Crippen LogP) is 12.5. The molecule has 0 aliphatic rings. The first-order valence-electron chi connectivity index (χ1n) is 21.8. The first kappa shape index (κ1) is 52.7. The van der Waals surface area contributed by atoms with Gasteiger partial charge in [-0.2, -0.15) is 0 Å². The molecule has 9 nitrogen and oxygen atoms in total. The minimum Gasteiger partial charge on any atom is -0.462 e. The molecule has 0 aromatic heterocycles. The lowest BCUT2D eigenvalue weighted by Crippen LogP contribution is -2.29. The zero-order chi connectivity index (χ0) is 40.3. The Balaban J connectivity index is 4.14. The smallest absolute Gasteiger partial charge is 0.462 e. The highest BCUT2D eigenvalue weighted by Gasteiger charge is 2.26. The first-order valence-corrected chi connectivity index (χ1v) is 23.3. The molecule has 0 spiro atoms. The van der Waals surface area contributed by atoms with Gasteiger partial charge >= 0.3 is 19.8 Å². The topological polar surface area (TPSA) is 134 Å². The van der Waals surface area contributed by atoms with E-state index in [1.165, 1.54) is 89.9 Å². The number of phosphoric acid groups is 1. The minimum atomic E-state index is -4.39. The number of phosphoric ester groups is 1. The number of hydrogen-bond donors (Lipinski definition) is 2. The minimum absolute atomic E-state index is 0.0435. The maximum Gasteiger partial charge on any atom is 0.472 e. The van der Waals surface area contributed by atoms with Gasteiger partial charge in [0, 0.05) is 19.4 Å². The summed E-state index contributed by atoms with van der Waals surface area (Å²) >= 11 is 0. The van der Waals surface area contributed by atoms with Gasteiger partial charge in [-0.3, -0.25) is 18.6 Å². The molecular formula is C45H80NO8P. The molecule has 0 aromatic carbocycles. The Labute approximate surface area is 336 Å². The van der Waals surface area contributed by atoms with E-state index < -0.39 is 32.5 Å². The van der Waals surface area contributed by atoms with E-state index in [-0.39, 0.29) is 32.6 Å². The van der Waals surface area contributed by atoms with E-state index in [9.17, 15) is 19.0 Å².